The molecule has 2 rings (SSSR count). The Balaban J connectivity index is 0.000000509. The van der Waals surface area contributed by atoms with Crippen molar-refractivity contribution >= 4 is 0 Å². The van der Waals surface area contributed by atoms with E-state index in [0.29, 0.717) is 7.18 Å². The Labute approximate surface area is 95.9 Å². The van der Waals surface area contributed by atoms with E-state index in [4.69, 9.17) is 0 Å². The molecule has 4 heteroatoms. The molecule has 0 N–H and O–H groups in total. The van der Waals surface area contributed by atoms with Crippen LogP contribution in [0.4, 0.5) is 4.39 Å². The molecule has 3 nitrogen and oxygen atoms in total. The van der Waals surface area contributed by atoms with Crippen molar-refractivity contribution in [2.75, 3.05) is 7.18 Å². The number of hydrogen-bond acceptors (Lipinski definition) is 2. The Morgan fingerprint density at radius 2 is 1.62 bits per heavy atom. The molecule has 1 heterocycles. The van der Waals surface area contributed by atoms with Crippen LogP contribution in [0.3, 0.4) is 0 Å². The molecule has 0 aliphatic carbocycles. The van der Waals surface area contributed by atoms with E-state index in [-0.39, 0.29) is 0 Å². The number of rotatable bonds is 1. The average molecular weight is 223 g/mol. The first-order valence-electron chi connectivity index (χ1n) is 5.18. The molecule has 0 saturated carbocycles. The molecule has 0 saturated heterocycles. The van der Waals surface area contributed by atoms with Gasteiger partial charge >= 0.3 is 0 Å². The molecule has 0 spiro atoms. The van der Waals surface area contributed by atoms with Gasteiger partial charge < -0.3 is 0 Å². The second kappa shape index (κ2) is 8.59. The first-order valence-corrected chi connectivity index (χ1v) is 5.18. The van der Waals surface area contributed by atoms with Crippen molar-refractivity contribution in [3.8, 4) is 5.69 Å². The first kappa shape index (κ1) is 14.3. The Morgan fingerprint density at radius 1 is 1.06 bits per heavy atom. The smallest absolute Gasteiger partial charge is 0.0800 e. The lowest BCUT2D eigenvalue weighted by Gasteiger charge is -1.96. The van der Waals surface area contributed by atoms with Crippen LogP contribution in [-0.4, -0.2) is 22.2 Å². The van der Waals surface area contributed by atoms with Crippen molar-refractivity contribution in [2.24, 2.45) is 0 Å². The van der Waals surface area contributed by atoms with Gasteiger partial charge in [-0.2, -0.15) is 0 Å². The monoisotopic (exact) mass is 223 g/mol. The molecule has 0 fully saturated rings. The lowest BCUT2D eigenvalue weighted by Crippen LogP contribution is -1.93. The van der Waals surface area contributed by atoms with Crippen LogP contribution in [0.25, 0.3) is 5.69 Å². The molecule has 2 aromatic rings. The molecule has 0 bridgehead atoms. The van der Waals surface area contributed by atoms with E-state index in [1.807, 2.05) is 57.3 Å². The fourth-order valence-corrected chi connectivity index (χ4v) is 1.05. The van der Waals surface area contributed by atoms with E-state index in [1.54, 1.807) is 4.68 Å². The molecule has 1 aromatic carbocycles. The third-order valence-electron chi connectivity index (χ3n) is 1.63. The summed E-state index contributed by atoms with van der Waals surface area (Å²) in [6.07, 6.45) is 1.90. The molecule has 0 radical (unpaired) electrons. The van der Waals surface area contributed by atoms with Crippen LogP contribution < -0.4 is 0 Å². The van der Waals surface area contributed by atoms with Crippen molar-refractivity contribution in [3.05, 3.63) is 42.2 Å². The molecule has 16 heavy (non-hydrogen) atoms. The van der Waals surface area contributed by atoms with Crippen LogP contribution in [-0.2, 0) is 0 Å². The predicted octanol–water partition coefficient (Wildman–Crippen LogP) is 3.19. The number of aryl methyl sites for hydroxylation is 1. The molecule has 0 aliphatic rings. The van der Waals surface area contributed by atoms with E-state index in [2.05, 4.69) is 10.3 Å². The van der Waals surface area contributed by atoms with Gasteiger partial charge in [0, 0.05) is 0 Å². The second-order valence-corrected chi connectivity index (χ2v) is 2.64. The van der Waals surface area contributed by atoms with Gasteiger partial charge in [-0.25, -0.2) is 4.68 Å². The van der Waals surface area contributed by atoms with E-state index < -0.39 is 0 Å². The number of hydrogen-bond donors (Lipinski definition) is 0. The van der Waals surface area contributed by atoms with Gasteiger partial charge in [0.25, 0.3) is 0 Å². The summed E-state index contributed by atoms with van der Waals surface area (Å²) in [5, 5.41) is 7.86. The quantitative estimate of drug-likeness (QED) is 0.743. The largest absolute Gasteiger partial charge is 0.255 e. The van der Waals surface area contributed by atoms with Gasteiger partial charge in [0.1, 0.15) is 0 Å². The fourth-order valence-electron chi connectivity index (χ4n) is 1.05. The Kier molecular flexibility index (Phi) is 7.67. The third kappa shape index (κ3) is 4.21. The summed E-state index contributed by atoms with van der Waals surface area (Å²) < 4.78 is 11.3. The minimum absolute atomic E-state index is 0.500. The summed E-state index contributed by atoms with van der Waals surface area (Å²) in [6, 6.07) is 9.92. The Hall–Kier alpha value is -1.71. The van der Waals surface area contributed by atoms with Crippen molar-refractivity contribution in [3.63, 3.8) is 0 Å². The van der Waals surface area contributed by atoms with Crippen molar-refractivity contribution in [1.82, 2.24) is 15.0 Å². The SMILES string of the molecule is CC.CF.Cc1cn(-c2ccccc2)nn1. The number of alkyl halides is 1. The zero-order chi connectivity index (χ0) is 12.4. The average Bonchev–Trinajstić information content (AvgIpc) is 2.82. The maximum atomic E-state index is 9.50. The Bertz CT molecular complexity index is 371. The van der Waals surface area contributed by atoms with Crippen LogP contribution in [0, 0.1) is 6.92 Å². The van der Waals surface area contributed by atoms with Gasteiger partial charge in [0.2, 0.25) is 0 Å². The van der Waals surface area contributed by atoms with E-state index in [0.717, 1.165) is 11.4 Å². The summed E-state index contributed by atoms with van der Waals surface area (Å²) in [4.78, 5) is 0. The highest BCUT2D eigenvalue weighted by atomic mass is 19.1. The highest BCUT2D eigenvalue weighted by molar-refractivity contribution is 5.29. The molecule has 0 atom stereocenters. The zero-order valence-electron chi connectivity index (χ0n) is 10.2. The predicted molar refractivity (Wildman–Crippen MR) is 64.5 cm³/mol. The first-order chi connectivity index (χ1) is 7.86. The molecule has 0 aliphatic heterocycles. The van der Waals surface area contributed by atoms with E-state index in [9.17, 15) is 4.39 Å². The Morgan fingerprint density at radius 3 is 2.06 bits per heavy atom. The zero-order valence-corrected chi connectivity index (χ0v) is 10.2. The summed E-state index contributed by atoms with van der Waals surface area (Å²) in [5.41, 5.74) is 1.97. The van der Waals surface area contributed by atoms with Gasteiger partial charge in [-0.3, -0.25) is 4.39 Å². The molecule has 1 aromatic heterocycles. The van der Waals surface area contributed by atoms with Crippen LogP contribution in [0.15, 0.2) is 36.5 Å². The number of halogens is 1. The number of para-hydroxylation sites is 1. The van der Waals surface area contributed by atoms with Crippen molar-refractivity contribution < 1.29 is 4.39 Å². The number of nitrogens with zero attached hydrogens (tertiary/aromatic N) is 3. The van der Waals surface area contributed by atoms with Crippen molar-refractivity contribution in [1.29, 1.82) is 0 Å². The normalized spacial score (nSPS) is 8.31. The topological polar surface area (TPSA) is 30.7 Å². The fraction of sp³-hybridized carbons (Fsp3) is 0.333. The van der Waals surface area contributed by atoms with Gasteiger partial charge in [0.15, 0.2) is 0 Å². The maximum Gasteiger partial charge on any atom is 0.0800 e. The van der Waals surface area contributed by atoms with Gasteiger partial charge in [-0.1, -0.05) is 37.3 Å². The summed E-state index contributed by atoms with van der Waals surface area (Å²) in [5.74, 6) is 0. The summed E-state index contributed by atoms with van der Waals surface area (Å²) >= 11 is 0. The summed E-state index contributed by atoms with van der Waals surface area (Å²) in [7, 11) is 0.500. The summed E-state index contributed by atoms with van der Waals surface area (Å²) in [6.45, 7) is 5.92. The molecular formula is C12H18FN3. The molecule has 0 unspecified atom stereocenters. The molecule has 0 amide bonds. The van der Waals surface area contributed by atoms with Crippen LogP contribution in [0.2, 0.25) is 0 Å². The minimum Gasteiger partial charge on any atom is -0.255 e. The highest BCUT2D eigenvalue weighted by Crippen LogP contribution is 2.04. The van der Waals surface area contributed by atoms with E-state index >= 15 is 0 Å². The lowest BCUT2D eigenvalue weighted by molar-refractivity contribution is 0.636. The maximum absolute atomic E-state index is 9.50. The molecular weight excluding hydrogens is 205 g/mol. The number of benzene rings is 1. The van der Waals surface area contributed by atoms with Crippen LogP contribution in [0.1, 0.15) is 19.5 Å². The van der Waals surface area contributed by atoms with Gasteiger partial charge in [0.05, 0.1) is 24.8 Å². The van der Waals surface area contributed by atoms with Crippen LogP contribution >= 0.6 is 0 Å². The van der Waals surface area contributed by atoms with Crippen LogP contribution in [0.5, 0.6) is 0 Å². The van der Waals surface area contributed by atoms with Crippen molar-refractivity contribution in [2.45, 2.75) is 20.8 Å². The minimum atomic E-state index is 0.500. The van der Waals surface area contributed by atoms with Gasteiger partial charge in [-0.05, 0) is 19.1 Å². The third-order valence-corrected chi connectivity index (χ3v) is 1.63. The van der Waals surface area contributed by atoms with E-state index in [1.165, 1.54) is 0 Å². The second-order valence-electron chi connectivity index (χ2n) is 2.64. The highest BCUT2D eigenvalue weighted by Gasteiger charge is 1.96. The van der Waals surface area contributed by atoms with Gasteiger partial charge in [-0.15, -0.1) is 5.10 Å². The number of aromatic nitrogens is 3. The lowest BCUT2D eigenvalue weighted by atomic mass is 10.3. The standard InChI is InChI=1S/C9H9N3.C2H6.CH3F/c1-8-7-12(11-10-8)9-5-3-2-4-6-9;2*1-2/h2-7H,1H3;1-2H3;1H3. The molecule has 88 valence electrons.